The van der Waals surface area contributed by atoms with Gasteiger partial charge in [0.05, 0.1) is 5.69 Å². The van der Waals surface area contributed by atoms with E-state index in [1.807, 2.05) is 47.1 Å². The number of pyridine rings is 1. The number of carbonyl (C=O) groups is 1. The highest BCUT2D eigenvalue weighted by atomic mass is 79.9. The number of carbonyl (C=O) groups excluding carboxylic acids is 1. The van der Waals surface area contributed by atoms with E-state index in [0.717, 1.165) is 77.6 Å². The van der Waals surface area contributed by atoms with Gasteiger partial charge in [-0.05, 0) is 81.3 Å². The first-order valence-electron chi connectivity index (χ1n) is 11.9. The summed E-state index contributed by atoms with van der Waals surface area (Å²) in [5, 5.41) is 4.75. The van der Waals surface area contributed by atoms with Crippen molar-refractivity contribution < 1.29 is 4.79 Å². The van der Waals surface area contributed by atoms with E-state index in [0.29, 0.717) is 23.0 Å². The standard InChI is InChI=1S/C26H24BrN7O/c27-16-11-13-17(14-12-16)34-22-10-2-1-6-19(22)23(33-34)26(35)32-31-24-18-7-5-9-20(18)29-25(30-24)21-8-3-4-15-28-21/h3-4,8,11-15H,1-2,5-7,9-10H2,(H,32,35)(H,29,30,31). The van der Waals surface area contributed by atoms with E-state index in [9.17, 15) is 4.79 Å². The highest BCUT2D eigenvalue weighted by Crippen LogP contribution is 2.30. The third-order valence-electron chi connectivity index (χ3n) is 6.59. The second-order valence-electron chi connectivity index (χ2n) is 8.84. The molecule has 0 radical (unpaired) electrons. The van der Waals surface area contributed by atoms with Gasteiger partial charge in [-0.3, -0.25) is 20.6 Å². The smallest absolute Gasteiger partial charge is 0.281 e. The number of aromatic nitrogens is 5. The van der Waals surface area contributed by atoms with Crippen LogP contribution >= 0.6 is 15.9 Å². The number of fused-ring (bicyclic) bond motifs is 2. The number of nitrogens with one attached hydrogen (secondary N) is 2. The molecule has 4 aromatic rings. The van der Waals surface area contributed by atoms with Gasteiger partial charge in [-0.15, -0.1) is 0 Å². The Morgan fingerprint density at radius 1 is 0.914 bits per heavy atom. The van der Waals surface area contributed by atoms with E-state index >= 15 is 0 Å². The van der Waals surface area contributed by atoms with Crippen molar-refractivity contribution in [3.8, 4) is 17.2 Å². The number of nitrogens with zero attached hydrogens (tertiary/aromatic N) is 5. The number of benzene rings is 1. The molecule has 3 aromatic heterocycles. The van der Waals surface area contributed by atoms with Crippen molar-refractivity contribution in [2.75, 3.05) is 5.43 Å². The fourth-order valence-corrected chi connectivity index (χ4v) is 5.16. The van der Waals surface area contributed by atoms with Crippen molar-refractivity contribution in [1.82, 2.24) is 30.2 Å². The van der Waals surface area contributed by atoms with Crippen molar-refractivity contribution >= 4 is 27.7 Å². The molecule has 0 saturated carbocycles. The molecule has 9 heteroatoms. The highest BCUT2D eigenvalue weighted by molar-refractivity contribution is 9.10. The molecule has 35 heavy (non-hydrogen) atoms. The highest BCUT2D eigenvalue weighted by Gasteiger charge is 2.26. The number of aryl methyl sites for hydroxylation is 1. The van der Waals surface area contributed by atoms with Gasteiger partial charge in [0.1, 0.15) is 5.69 Å². The first-order valence-corrected chi connectivity index (χ1v) is 12.7. The molecule has 0 atom stereocenters. The minimum atomic E-state index is -0.260. The first kappa shape index (κ1) is 21.9. The molecule has 6 rings (SSSR count). The van der Waals surface area contributed by atoms with Crippen LogP contribution in [0.5, 0.6) is 0 Å². The van der Waals surface area contributed by atoms with Crippen LogP contribution in [0.3, 0.4) is 0 Å². The summed E-state index contributed by atoms with van der Waals surface area (Å²) in [5.41, 5.74) is 12.3. The molecule has 176 valence electrons. The van der Waals surface area contributed by atoms with Crippen LogP contribution in [-0.2, 0) is 25.7 Å². The lowest BCUT2D eigenvalue weighted by Crippen LogP contribution is -2.31. The monoisotopic (exact) mass is 529 g/mol. The van der Waals surface area contributed by atoms with Crippen molar-refractivity contribution in [3.63, 3.8) is 0 Å². The fourth-order valence-electron chi connectivity index (χ4n) is 4.90. The number of anilines is 1. The largest absolute Gasteiger partial charge is 0.290 e. The zero-order chi connectivity index (χ0) is 23.8. The Bertz CT molecular complexity index is 1400. The number of hydrogen-bond acceptors (Lipinski definition) is 6. The molecular formula is C26H24BrN7O. The molecule has 2 aliphatic carbocycles. The first-order chi connectivity index (χ1) is 17.2. The molecule has 0 saturated heterocycles. The number of amides is 1. The van der Waals surface area contributed by atoms with Gasteiger partial charge in [0, 0.05) is 33.2 Å². The molecule has 0 unspecified atom stereocenters. The van der Waals surface area contributed by atoms with Crippen LogP contribution in [0.15, 0.2) is 53.1 Å². The molecule has 2 aliphatic rings. The zero-order valence-corrected chi connectivity index (χ0v) is 20.7. The number of hydrazine groups is 1. The summed E-state index contributed by atoms with van der Waals surface area (Å²) >= 11 is 3.49. The number of halogens is 1. The van der Waals surface area contributed by atoms with Gasteiger partial charge in [0.25, 0.3) is 5.91 Å². The van der Waals surface area contributed by atoms with E-state index in [2.05, 4.69) is 31.8 Å². The Labute approximate surface area is 211 Å². The van der Waals surface area contributed by atoms with Crippen LogP contribution in [0.2, 0.25) is 0 Å². The quantitative estimate of drug-likeness (QED) is 0.366. The van der Waals surface area contributed by atoms with Gasteiger partial charge in [-0.2, -0.15) is 5.10 Å². The molecular weight excluding hydrogens is 506 g/mol. The van der Waals surface area contributed by atoms with Crippen LogP contribution in [0.25, 0.3) is 17.2 Å². The molecule has 3 heterocycles. The molecule has 0 aliphatic heterocycles. The van der Waals surface area contributed by atoms with Gasteiger partial charge in [-0.25, -0.2) is 14.6 Å². The summed E-state index contributed by atoms with van der Waals surface area (Å²) in [4.78, 5) is 27.1. The summed E-state index contributed by atoms with van der Waals surface area (Å²) in [6, 6.07) is 13.7. The average molecular weight is 530 g/mol. The lowest BCUT2D eigenvalue weighted by Gasteiger charge is -2.15. The van der Waals surface area contributed by atoms with Gasteiger partial charge in [-0.1, -0.05) is 22.0 Å². The van der Waals surface area contributed by atoms with Gasteiger partial charge in [0.15, 0.2) is 17.3 Å². The molecule has 0 bridgehead atoms. The fraction of sp³-hybridized carbons (Fsp3) is 0.269. The maximum Gasteiger partial charge on any atom is 0.290 e. The van der Waals surface area contributed by atoms with Crippen molar-refractivity contribution in [2.24, 2.45) is 0 Å². The summed E-state index contributed by atoms with van der Waals surface area (Å²) in [6.45, 7) is 0. The van der Waals surface area contributed by atoms with E-state index < -0.39 is 0 Å². The second kappa shape index (κ2) is 9.22. The summed E-state index contributed by atoms with van der Waals surface area (Å²) < 4.78 is 2.92. The Hall–Kier alpha value is -3.59. The molecule has 1 amide bonds. The Kier molecular flexibility index (Phi) is 5.77. The maximum atomic E-state index is 13.3. The summed E-state index contributed by atoms with van der Waals surface area (Å²) in [6.07, 6.45) is 8.43. The Balaban J connectivity index is 1.29. The minimum Gasteiger partial charge on any atom is -0.281 e. The number of hydrogen-bond donors (Lipinski definition) is 2. The average Bonchev–Trinajstić information content (AvgIpc) is 3.53. The predicted molar refractivity (Wildman–Crippen MR) is 136 cm³/mol. The third kappa shape index (κ3) is 4.20. The van der Waals surface area contributed by atoms with Crippen molar-refractivity contribution in [1.29, 1.82) is 0 Å². The molecule has 8 nitrogen and oxygen atoms in total. The van der Waals surface area contributed by atoms with E-state index in [-0.39, 0.29) is 5.91 Å². The molecule has 0 fully saturated rings. The van der Waals surface area contributed by atoms with E-state index in [1.165, 1.54) is 0 Å². The molecule has 0 spiro atoms. The Morgan fingerprint density at radius 2 is 1.74 bits per heavy atom. The normalized spacial score (nSPS) is 14.3. The number of rotatable bonds is 5. The third-order valence-corrected chi connectivity index (χ3v) is 7.12. The lowest BCUT2D eigenvalue weighted by atomic mass is 9.95. The van der Waals surface area contributed by atoms with Crippen LogP contribution in [-0.4, -0.2) is 30.6 Å². The van der Waals surface area contributed by atoms with Crippen molar-refractivity contribution in [2.45, 2.75) is 44.9 Å². The summed E-state index contributed by atoms with van der Waals surface area (Å²) in [7, 11) is 0. The predicted octanol–water partition coefficient (Wildman–Crippen LogP) is 4.61. The molecule has 2 N–H and O–H groups in total. The van der Waals surface area contributed by atoms with Gasteiger partial charge in [0.2, 0.25) is 0 Å². The topological polar surface area (TPSA) is 97.6 Å². The second-order valence-corrected chi connectivity index (χ2v) is 9.75. The van der Waals surface area contributed by atoms with Gasteiger partial charge >= 0.3 is 0 Å². The van der Waals surface area contributed by atoms with Crippen LogP contribution in [0.4, 0.5) is 5.82 Å². The lowest BCUT2D eigenvalue weighted by molar-refractivity contribution is 0.0956. The van der Waals surface area contributed by atoms with Crippen LogP contribution < -0.4 is 10.9 Å². The van der Waals surface area contributed by atoms with E-state index in [1.54, 1.807) is 6.20 Å². The van der Waals surface area contributed by atoms with Gasteiger partial charge < -0.3 is 0 Å². The summed E-state index contributed by atoms with van der Waals surface area (Å²) in [5.74, 6) is 0.923. The Morgan fingerprint density at radius 3 is 2.57 bits per heavy atom. The van der Waals surface area contributed by atoms with Crippen LogP contribution in [0.1, 0.15) is 52.3 Å². The zero-order valence-electron chi connectivity index (χ0n) is 19.1. The van der Waals surface area contributed by atoms with Crippen molar-refractivity contribution in [3.05, 3.63) is 81.3 Å². The molecule has 1 aromatic carbocycles. The van der Waals surface area contributed by atoms with E-state index in [4.69, 9.17) is 15.1 Å². The SMILES string of the molecule is O=C(NNc1nc(-c2ccccn2)nc2c1CCC2)c1nn(-c2ccc(Br)cc2)c2c1CCCC2. The van der Waals surface area contributed by atoms with Crippen LogP contribution in [0, 0.1) is 0 Å². The minimum absolute atomic E-state index is 0.260. The maximum absolute atomic E-state index is 13.3.